The molecule has 10 nitrogen and oxygen atoms in total. The lowest BCUT2D eigenvalue weighted by molar-refractivity contribution is -0.135. The Labute approximate surface area is 213 Å². The normalized spacial score (nSPS) is 19.2. The average Bonchev–Trinajstić information content (AvgIpc) is 2.91. The van der Waals surface area contributed by atoms with Crippen LogP contribution in [0.2, 0.25) is 0 Å². The maximum absolute atomic E-state index is 14.7. The van der Waals surface area contributed by atoms with Crippen LogP contribution in [0.1, 0.15) is 13.3 Å². The fourth-order valence-corrected chi connectivity index (χ4v) is 4.23. The number of ether oxygens (including phenoxy) is 3. The van der Waals surface area contributed by atoms with Gasteiger partial charge in [-0.3, -0.25) is 15.0 Å². The number of benzene rings is 2. The van der Waals surface area contributed by atoms with E-state index in [-0.39, 0.29) is 49.2 Å². The Morgan fingerprint density at radius 1 is 1.14 bits per heavy atom. The van der Waals surface area contributed by atoms with E-state index >= 15 is 0 Å². The fraction of sp³-hybridized carbons (Fsp3) is 0.346. The topological polar surface area (TPSA) is 122 Å². The summed E-state index contributed by atoms with van der Waals surface area (Å²) in [5.41, 5.74) is 0.550. The summed E-state index contributed by atoms with van der Waals surface area (Å²) in [5, 5.41) is 8.34. The zero-order chi connectivity index (χ0) is 26.5. The van der Waals surface area contributed by atoms with Crippen LogP contribution < -0.4 is 14.5 Å². The lowest BCUT2D eigenvalue weighted by Crippen LogP contribution is -2.50. The van der Waals surface area contributed by atoms with Gasteiger partial charge in [-0.05, 0) is 49.7 Å². The molecule has 1 unspecified atom stereocenters. The number of aliphatic imine (C=N–C) groups is 1. The van der Waals surface area contributed by atoms with Gasteiger partial charge in [0.1, 0.15) is 23.8 Å². The molecule has 2 fully saturated rings. The van der Waals surface area contributed by atoms with Gasteiger partial charge in [0.25, 0.3) is 11.8 Å². The van der Waals surface area contributed by atoms with Crippen molar-refractivity contribution in [3.05, 3.63) is 48.3 Å². The Bertz CT molecular complexity index is 1250. The molecule has 2 saturated heterocycles. The van der Waals surface area contributed by atoms with Crippen LogP contribution in [-0.2, 0) is 23.9 Å². The zero-order valence-corrected chi connectivity index (χ0v) is 20.5. The van der Waals surface area contributed by atoms with E-state index in [2.05, 4.69) is 4.99 Å². The molecule has 2 aromatic carbocycles. The van der Waals surface area contributed by atoms with E-state index in [0.29, 0.717) is 24.5 Å². The minimum Gasteiger partial charge on any atom is -0.497 e. The van der Waals surface area contributed by atoms with Crippen molar-refractivity contribution in [1.29, 1.82) is 5.41 Å². The molecule has 0 aliphatic carbocycles. The van der Waals surface area contributed by atoms with Gasteiger partial charge in [-0.2, -0.15) is 0 Å². The number of anilines is 2. The highest BCUT2D eigenvalue weighted by Crippen LogP contribution is 2.30. The number of nitrogens with zero attached hydrogens (tertiary/aromatic N) is 3. The Hall–Kier alpha value is -4.12. The number of esters is 1. The number of morpholine rings is 1. The van der Waals surface area contributed by atoms with E-state index in [1.165, 1.54) is 24.1 Å². The fourth-order valence-electron chi connectivity index (χ4n) is 4.23. The number of carbonyl (C=O) groups is 3. The number of halogens is 1. The first-order valence-electron chi connectivity index (χ1n) is 11.8. The molecule has 0 saturated carbocycles. The van der Waals surface area contributed by atoms with Crippen molar-refractivity contribution in [2.45, 2.75) is 13.3 Å². The number of methoxy groups -OCH3 is 1. The highest BCUT2D eigenvalue weighted by molar-refractivity contribution is 6.53. The largest absolute Gasteiger partial charge is 0.497 e. The van der Waals surface area contributed by atoms with Crippen molar-refractivity contribution in [1.82, 2.24) is 0 Å². The Balaban J connectivity index is 1.66. The summed E-state index contributed by atoms with van der Waals surface area (Å²) in [5.74, 6) is -2.95. The predicted octanol–water partition coefficient (Wildman–Crippen LogP) is 2.91. The van der Waals surface area contributed by atoms with E-state index in [0.717, 1.165) is 6.07 Å². The van der Waals surface area contributed by atoms with Gasteiger partial charge in [0, 0.05) is 30.5 Å². The van der Waals surface area contributed by atoms with Gasteiger partial charge in [-0.1, -0.05) is 0 Å². The van der Waals surface area contributed by atoms with Crippen molar-refractivity contribution in [2.75, 3.05) is 49.8 Å². The number of carbonyl (C=O) groups excluding carboxylic acids is 3. The molecular formula is C26H27FN4O6. The number of piperidine rings is 1. The molecule has 1 atom stereocenters. The van der Waals surface area contributed by atoms with Crippen LogP contribution in [0.4, 0.5) is 21.5 Å². The Morgan fingerprint density at radius 3 is 2.46 bits per heavy atom. The number of amides is 2. The summed E-state index contributed by atoms with van der Waals surface area (Å²) in [4.78, 5) is 45.4. The van der Waals surface area contributed by atoms with E-state index in [9.17, 15) is 18.8 Å². The maximum Gasteiger partial charge on any atom is 0.352 e. The summed E-state index contributed by atoms with van der Waals surface area (Å²) in [6.07, 6.45) is 0.212. The third-order valence-electron chi connectivity index (χ3n) is 6.13. The molecule has 2 aliphatic heterocycles. The smallest absolute Gasteiger partial charge is 0.352 e. The predicted molar refractivity (Wildman–Crippen MR) is 134 cm³/mol. The van der Waals surface area contributed by atoms with Crippen LogP contribution in [0.5, 0.6) is 5.75 Å². The molecule has 2 aromatic rings. The van der Waals surface area contributed by atoms with Gasteiger partial charge in [0.15, 0.2) is 5.82 Å². The minimum atomic E-state index is -0.963. The summed E-state index contributed by atoms with van der Waals surface area (Å²) in [6, 6.07) is 10.9. The summed E-state index contributed by atoms with van der Waals surface area (Å²) in [7, 11) is 1.40. The van der Waals surface area contributed by atoms with Gasteiger partial charge in [0.05, 0.1) is 31.9 Å². The van der Waals surface area contributed by atoms with Gasteiger partial charge in [-0.25, -0.2) is 14.2 Å². The summed E-state index contributed by atoms with van der Waals surface area (Å²) < 4.78 is 29.9. The standard InChI is InChI=1S/C26H27FN4O6/c1-3-37-26(34)23(28)19-10-11-31(17-6-4-16(5-7-17)30-12-13-36-15-22(30)32)25(33)24(19)29-21-9-8-18(35-2)14-20(21)27/h4-9,14,19,28H,3,10-13,15H2,1-2H3. The molecular weight excluding hydrogens is 483 g/mol. The van der Waals surface area contributed by atoms with Gasteiger partial charge >= 0.3 is 5.97 Å². The molecule has 194 valence electrons. The number of hydrogen-bond donors (Lipinski definition) is 1. The second kappa shape index (κ2) is 11.3. The van der Waals surface area contributed by atoms with Crippen molar-refractivity contribution >= 4 is 46.3 Å². The molecule has 2 heterocycles. The lowest BCUT2D eigenvalue weighted by Gasteiger charge is -2.33. The zero-order valence-electron chi connectivity index (χ0n) is 20.5. The summed E-state index contributed by atoms with van der Waals surface area (Å²) in [6.45, 7) is 2.78. The van der Waals surface area contributed by atoms with Gasteiger partial charge < -0.3 is 24.0 Å². The van der Waals surface area contributed by atoms with Gasteiger partial charge in [0.2, 0.25) is 0 Å². The van der Waals surface area contributed by atoms with Crippen LogP contribution in [0, 0.1) is 17.1 Å². The van der Waals surface area contributed by atoms with E-state index in [4.69, 9.17) is 19.6 Å². The molecule has 11 heteroatoms. The molecule has 37 heavy (non-hydrogen) atoms. The van der Waals surface area contributed by atoms with Crippen molar-refractivity contribution < 1.29 is 33.0 Å². The van der Waals surface area contributed by atoms with Crippen molar-refractivity contribution in [3.8, 4) is 5.75 Å². The van der Waals surface area contributed by atoms with E-state index < -0.39 is 29.3 Å². The van der Waals surface area contributed by atoms with E-state index in [1.54, 1.807) is 36.1 Å². The quantitative estimate of drug-likeness (QED) is 0.452. The second-order valence-corrected chi connectivity index (χ2v) is 8.36. The minimum absolute atomic E-state index is 0.0158. The number of hydrogen-bond acceptors (Lipinski definition) is 8. The van der Waals surface area contributed by atoms with Gasteiger partial charge in [-0.15, -0.1) is 0 Å². The highest BCUT2D eigenvalue weighted by Gasteiger charge is 2.39. The Kier molecular flexibility index (Phi) is 7.92. The van der Waals surface area contributed by atoms with Crippen LogP contribution in [-0.4, -0.2) is 69.2 Å². The molecule has 4 rings (SSSR count). The van der Waals surface area contributed by atoms with Crippen LogP contribution in [0.3, 0.4) is 0 Å². The lowest BCUT2D eigenvalue weighted by atomic mass is 9.88. The van der Waals surface area contributed by atoms with E-state index in [1.807, 2.05) is 0 Å². The first-order valence-corrected chi connectivity index (χ1v) is 11.8. The molecule has 2 aliphatic rings. The monoisotopic (exact) mass is 510 g/mol. The number of nitrogens with one attached hydrogen (secondary N) is 1. The molecule has 0 bridgehead atoms. The SMILES string of the molecule is CCOC(=O)C(=N)C1CCN(c2ccc(N3CCOCC3=O)cc2)C(=O)C1=Nc1ccc(OC)cc1F. The Morgan fingerprint density at radius 2 is 1.84 bits per heavy atom. The molecule has 2 amide bonds. The first-order chi connectivity index (χ1) is 17.8. The average molecular weight is 511 g/mol. The first kappa shape index (κ1) is 26.0. The van der Waals surface area contributed by atoms with Crippen molar-refractivity contribution in [3.63, 3.8) is 0 Å². The maximum atomic E-state index is 14.7. The van der Waals surface area contributed by atoms with Crippen LogP contribution in [0.25, 0.3) is 0 Å². The second-order valence-electron chi connectivity index (χ2n) is 8.36. The molecule has 1 N–H and O–H groups in total. The van der Waals surface area contributed by atoms with Crippen molar-refractivity contribution in [2.24, 2.45) is 10.9 Å². The molecule has 0 radical (unpaired) electrons. The van der Waals surface area contributed by atoms with Crippen LogP contribution in [0.15, 0.2) is 47.5 Å². The molecule has 0 aromatic heterocycles. The third-order valence-corrected chi connectivity index (χ3v) is 6.13. The number of rotatable bonds is 7. The van der Waals surface area contributed by atoms with Crippen LogP contribution >= 0.6 is 0 Å². The summed E-state index contributed by atoms with van der Waals surface area (Å²) >= 11 is 0. The highest BCUT2D eigenvalue weighted by atomic mass is 19.1. The third kappa shape index (κ3) is 5.51. The molecule has 0 spiro atoms.